The smallest absolute Gasteiger partial charge is 0.299 e. The van der Waals surface area contributed by atoms with E-state index in [0.717, 1.165) is 54.9 Å². The fourth-order valence-corrected chi connectivity index (χ4v) is 9.62. The molecule has 3 amide bonds. The van der Waals surface area contributed by atoms with Crippen molar-refractivity contribution < 1.29 is 9.59 Å². The highest BCUT2D eigenvalue weighted by molar-refractivity contribution is 6.81. The van der Waals surface area contributed by atoms with Crippen LogP contribution in [0.1, 0.15) is 64.0 Å². The Labute approximate surface area is 193 Å². The molecule has 4 rings (SSSR count). The van der Waals surface area contributed by atoms with Gasteiger partial charge in [-0.15, -0.1) is 0 Å². The SMILES string of the molecule is CC[Si](CC)(CC)N1C(=O)N(C2CCCCC2)C(c2ccccc2)(c2ccccc2)C1=O. The molecule has 4 nitrogen and oxygen atoms in total. The maximum Gasteiger partial charge on any atom is 0.320 e. The van der Waals surface area contributed by atoms with Crippen LogP contribution in [-0.2, 0) is 10.3 Å². The summed E-state index contributed by atoms with van der Waals surface area (Å²) in [5.74, 6) is -0.0253. The van der Waals surface area contributed by atoms with Crippen molar-refractivity contribution in [3.05, 3.63) is 71.8 Å². The van der Waals surface area contributed by atoms with Gasteiger partial charge in [0.25, 0.3) is 5.91 Å². The second-order valence-electron chi connectivity index (χ2n) is 9.31. The number of carbonyl (C=O) groups excluding carboxylic acids is 2. The first-order valence-corrected chi connectivity index (χ1v) is 14.9. The van der Waals surface area contributed by atoms with E-state index in [9.17, 15) is 9.59 Å². The van der Waals surface area contributed by atoms with Crippen LogP contribution >= 0.6 is 0 Å². The largest absolute Gasteiger partial charge is 0.320 e. The molecule has 1 saturated heterocycles. The summed E-state index contributed by atoms with van der Waals surface area (Å²) >= 11 is 0. The van der Waals surface area contributed by atoms with Crippen molar-refractivity contribution >= 4 is 20.2 Å². The summed E-state index contributed by atoms with van der Waals surface area (Å²) in [6, 6.07) is 22.8. The Balaban J connectivity index is 2.02. The Kier molecular flexibility index (Phi) is 6.56. The molecule has 0 spiro atoms. The van der Waals surface area contributed by atoms with Crippen molar-refractivity contribution in [3.63, 3.8) is 0 Å². The summed E-state index contributed by atoms with van der Waals surface area (Å²) in [5, 5.41) is 0. The molecule has 2 fully saturated rings. The van der Waals surface area contributed by atoms with E-state index in [2.05, 4.69) is 20.8 Å². The molecule has 0 N–H and O–H groups in total. The molecule has 0 aromatic heterocycles. The van der Waals surface area contributed by atoms with Gasteiger partial charge in [-0.1, -0.05) is 101 Å². The number of imide groups is 1. The van der Waals surface area contributed by atoms with Crippen molar-refractivity contribution in [2.45, 2.75) is 82.6 Å². The third kappa shape index (κ3) is 3.33. The molecule has 5 heteroatoms. The molecule has 0 radical (unpaired) electrons. The number of amides is 3. The molecule has 1 aliphatic carbocycles. The first-order chi connectivity index (χ1) is 15.6. The second-order valence-corrected chi connectivity index (χ2v) is 14.3. The molecule has 1 aliphatic heterocycles. The summed E-state index contributed by atoms with van der Waals surface area (Å²) in [4.78, 5) is 31.1. The lowest BCUT2D eigenvalue weighted by Gasteiger charge is -2.42. The quantitative estimate of drug-likeness (QED) is 0.357. The zero-order valence-corrected chi connectivity index (χ0v) is 20.7. The van der Waals surface area contributed by atoms with Crippen molar-refractivity contribution in [2.24, 2.45) is 0 Å². The Morgan fingerprint density at radius 2 is 1.25 bits per heavy atom. The van der Waals surface area contributed by atoms with Gasteiger partial charge in [0.05, 0.1) is 0 Å². The highest BCUT2D eigenvalue weighted by atomic mass is 28.3. The van der Waals surface area contributed by atoms with Gasteiger partial charge in [0.2, 0.25) is 0 Å². The number of nitrogens with zero attached hydrogens (tertiary/aromatic N) is 2. The molecule has 0 atom stereocenters. The normalized spacial score (nSPS) is 19.6. The Hall–Kier alpha value is -2.40. The van der Waals surface area contributed by atoms with E-state index in [1.807, 2.05) is 65.6 Å². The average Bonchev–Trinajstić information content (AvgIpc) is 3.10. The van der Waals surface area contributed by atoms with Gasteiger partial charge >= 0.3 is 6.03 Å². The standard InChI is InChI=1S/C27H36N2O2Si/c1-4-32(5-2,6-3)29-25(30)27(22-16-10-7-11-17-22,23-18-12-8-13-19-23)28(26(29)31)24-20-14-9-15-21-24/h7-8,10-13,16-19,24H,4-6,9,14-15,20-21H2,1-3H3. The van der Waals surface area contributed by atoms with Crippen LogP contribution in [0.5, 0.6) is 0 Å². The predicted octanol–water partition coefficient (Wildman–Crippen LogP) is 6.53. The van der Waals surface area contributed by atoms with Crippen LogP contribution in [-0.4, -0.2) is 35.7 Å². The van der Waals surface area contributed by atoms with Gasteiger partial charge in [-0.3, -0.25) is 14.3 Å². The van der Waals surface area contributed by atoms with Gasteiger partial charge in [0.15, 0.2) is 13.8 Å². The predicted molar refractivity (Wildman–Crippen MR) is 132 cm³/mol. The highest BCUT2D eigenvalue weighted by Gasteiger charge is 2.64. The van der Waals surface area contributed by atoms with Gasteiger partial charge in [-0.25, -0.2) is 4.79 Å². The minimum Gasteiger partial charge on any atom is -0.299 e. The molecule has 0 unspecified atom stereocenters. The Morgan fingerprint density at radius 3 is 1.69 bits per heavy atom. The van der Waals surface area contributed by atoms with E-state index in [1.54, 1.807) is 4.57 Å². The average molecular weight is 449 g/mol. The fraction of sp³-hybridized carbons (Fsp3) is 0.481. The first kappa shape index (κ1) is 22.8. The molecule has 2 aliphatic rings. The number of urea groups is 1. The summed E-state index contributed by atoms with van der Waals surface area (Å²) in [6.45, 7) is 6.49. The van der Waals surface area contributed by atoms with Gasteiger partial charge in [0, 0.05) is 6.04 Å². The second kappa shape index (κ2) is 9.22. The molecule has 2 aromatic rings. The van der Waals surface area contributed by atoms with Crippen molar-refractivity contribution in [2.75, 3.05) is 0 Å². The van der Waals surface area contributed by atoms with E-state index >= 15 is 0 Å². The minimum atomic E-state index is -2.28. The first-order valence-electron chi connectivity index (χ1n) is 12.4. The van der Waals surface area contributed by atoms with Gasteiger partial charge in [-0.2, -0.15) is 0 Å². The number of carbonyl (C=O) groups is 2. The summed E-state index contributed by atoms with van der Waals surface area (Å²) < 4.78 is 1.79. The minimum absolute atomic E-state index is 0.0253. The van der Waals surface area contributed by atoms with Crippen LogP contribution in [0, 0.1) is 0 Å². The molecular weight excluding hydrogens is 412 g/mol. The van der Waals surface area contributed by atoms with Crippen molar-refractivity contribution in [1.29, 1.82) is 0 Å². The van der Waals surface area contributed by atoms with E-state index in [1.165, 1.54) is 6.42 Å². The number of hydrogen-bond donors (Lipinski definition) is 0. The summed E-state index contributed by atoms with van der Waals surface area (Å²) in [5.41, 5.74) is 0.729. The van der Waals surface area contributed by atoms with Gasteiger partial charge < -0.3 is 0 Å². The number of rotatable bonds is 7. The molecule has 2 aromatic carbocycles. The molecular formula is C27H36N2O2Si. The lowest BCUT2D eigenvalue weighted by molar-refractivity contribution is -0.130. The maximum absolute atomic E-state index is 14.7. The molecule has 1 heterocycles. The topological polar surface area (TPSA) is 40.6 Å². The third-order valence-corrected chi connectivity index (χ3v) is 13.3. The zero-order valence-electron chi connectivity index (χ0n) is 19.7. The summed E-state index contributed by atoms with van der Waals surface area (Å²) in [7, 11) is -2.28. The number of benzene rings is 2. The Morgan fingerprint density at radius 1 is 0.781 bits per heavy atom. The van der Waals surface area contributed by atoms with Crippen LogP contribution in [0.4, 0.5) is 4.79 Å². The summed E-state index contributed by atoms with van der Waals surface area (Å²) in [6.07, 6.45) is 5.36. The molecule has 170 valence electrons. The maximum atomic E-state index is 14.7. The van der Waals surface area contributed by atoms with Crippen LogP contribution in [0.3, 0.4) is 0 Å². The highest BCUT2D eigenvalue weighted by Crippen LogP contribution is 2.49. The van der Waals surface area contributed by atoms with E-state index in [0.29, 0.717) is 0 Å². The zero-order chi connectivity index (χ0) is 22.8. The van der Waals surface area contributed by atoms with E-state index in [4.69, 9.17) is 0 Å². The van der Waals surface area contributed by atoms with Gasteiger partial charge in [0.1, 0.15) is 0 Å². The van der Waals surface area contributed by atoms with Crippen LogP contribution in [0.15, 0.2) is 60.7 Å². The van der Waals surface area contributed by atoms with E-state index in [-0.39, 0.29) is 18.0 Å². The van der Waals surface area contributed by atoms with Crippen molar-refractivity contribution in [1.82, 2.24) is 9.47 Å². The fourth-order valence-electron chi connectivity index (χ4n) is 6.07. The third-order valence-electron chi connectivity index (χ3n) is 8.04. The number of hydrogen-bond acceptors (Lipinski definition) is 2. The molecule has 32 heavy (non-hydrogen) atoms. The molecule has 0 bridgehead atoms. The molecule has 1 saturated carbocycles. The van der Waals surface area contributed by atoms with Crippen LogP contribution < -0.4 is 0 Å². The van der Waals surface area contributed by atoms with Crippen LogP contribution in [0.2, 0.25) is 18.1 Å². The van der Waals surface area contributed by atoms with Gasteiger partial charge in [-0.05, 0) is 42.1 Å². The van der Waals surface area contributed by atoms with E-state index < -0.39 is 13.8 Å². The monoisotopic (exact) mass is 448 g/mol. The Bertz CT molecular complexity index is 889. The lowest BCUT2D eigenvalue weighted by Crippen LogP contribution is -2.56. The lowest BCUT2D eigenvalue weighted by atomic mass is 9.79. The van der Waals surface area contributed by atoms with Crippen molar-refractivity contribution in [3.8, 4) is 0 Å². The van der Waals surface area contributed by atoms with Crippen LogP contribution in [0.25, 0.3) is 0 Å².